The van der Waals surface area contributed by atoms with Gasteiger partial charge in [-0.15, -0.1) is 0 Å². The third kappa shape index (κ3) is 4.09. The number of alkyl halides is 1. The normalized spacial score (nSPS) is 14.7. The summed E-state index contributed by atoms with van der Waals surface area (Å²) in [5.74, 6) is -0.148. The van der Waals surface area contributed by atoms with Gasteiger partial charge >= 0.3 is 0 Å². The van der Waals surface area contributed by atoms with E-state index < -0.39 is 6.04 Å². The van der Waals surface area contributed by atoms with Crippen molar-refractivity contribution >= 4 is 27.7 Å². The molecule has 0 saturated heterocycles. The Morgan fingerprint density at radius 1 is 1.14 bits per heavy atom. The Kier molecular flexibility index (Phi) is 5.76. The maximum absolute atomic E-state index is 11.5. The van der Waals surface area contributed by atoms with Gasteiger partial charge in [0.15, 0.2) is 0 Å². The summed E-state index contributed by atoms with van der Waals surface area (Å²) >= 11 is 3.26. The highest BCUT2D eigenvalue weighted by molar-refractivity contribution is 9.10. The molecule has 14 heavy (non-hydrogen) atoms. The van der Waals surface area contributed by atoms with Gasteiger partial charge in [-0.25, -0.2) is 0 Å². The topological polar surface area (TPSA) is 58.2 Å². The molecule has 82 valence electrons. The highest BCUT2D eigenvalue weighted by Gasteiger charge is 2.22. The second-order valence-electron chi connectivity index (χ2n) is 3.49. The van der Waals surface area contributed by atoms with E-state index in [9.17, 15) is 9.59 Å². The van der Waals surface area contributed by atoms with Crippen molar-refractivity contribution in [1.82, 2.24) is 10.6 Å². The number of carbonyl (C=O) groups excluding carboxylic acids is 2. The van der Waals surface area contributed by atoms with Crippen LogP contribution in [0.4, 0.5) is 0 Å². The van der Waals surface area contributed by atoms with Crippen molar-refractivity contribution in [2.24, 2.45) is 5.92 Å². The molecular weight excluding hydrogens is 248 g/mol. The second kappa shape index (κ2) is 6.01. The lowest BCUT2D eigenvalue weighted by atomic mass is 10.1. The molecule has 0 aromatic heterocycles. The lowest BCUT2D eigenvalue weighted by Gasteiger charge is -2.17. The summed E-state index contributed by atoms with van der Waals surface area (Å²) in [6.07, 6.45) is 0. The molecule has 0 saturated carbocycles. The SMILES string of the molecule is CNC(=O)C(C)NC(=O)C(Br)C(C)C. The highest BCUT2D eigenvalue weighted by atomic mass is 79.9. The van der Waals surface area contributed by atoms with E-state index in [0.29, 0.717) is 0 Å². The molecule has 0 bridgehead atoms. The standard InChI is InChI=1S/C9H17BrN2O2/c1-5(2)7(10)9(14)12-6(3)8(13)11-4/h5-7H,1-4H3,(H,11,13)(H,12,14). The first kappa shape index (κ1) is 13.4. The van der Waals surface area contributed by atoms with Crippen LogP contribution in [0.15, 0.2) is 0 Å². The van der Waals surface area contributed by atoms with Crippen LogP contribution in [0.3, 0.4) is 0 Å². The summed E-state index contributed by atoms with van der Waals surface area (Å²) in [5.41, 5.74) is 0. The van der Waals surface area contributed by atoms with Crippen molar-refractivity contribution < 1.29 is 9.59 Å². The zero-order chi connectivity index (χ0) is 11.3. The molecule has 2 unspecified atom stereocenters. The Morgan fingerprint density at radius 2 is 1.64 bits per heavy atom. The number of hydrogen-bond donors (Lipinski definition) is 2. The van der Waals surface area contributed by atoms with E-state index in [-0.39, 0.29) is 22.6 Å². The Hall–Kier alpha value is -0.580. The van der Waals surface area contributed by atoms with E-state index in [2.05, 4.69) is 26.6 Å². The molecule has 4 nitrogen and oxygen atoms in total. The first-order valence-electron chi connectivity index (χ1n) is 4.56. The van der Waals surface area contributed by atoms with Crippen LogP contribution in [0.1, 0.15) is 20.8 Å². The number of carbonyl (C=O) groups is 2. The summed E-state index contributed by atoms with van der Waals surface area (Å²) < 4.78 is 0. The zero-order valence-corrected chi connectivity index (χ0v) is 10.5. The van der Waals surface area contributed by atoms with Crippen LogP contribution < -0.4 is 10.6 Å². The van der Waals surface area contributed by atoms with Crippen molar-refractivity contribution in [3.63, 3.8) is 0 Å². The Labute approximate surface area is 92.9 Å². The molecule has 2 N–H and O–H groups in total. The van der Waals surface area contributed by atoms with E-state index in [0.717, 1.165) is 0 Å². The van der Waals surface area contributed by atoms with E-state index in [4.69, 9.17) is 0 Å². The maximum Gasteiger partial charge on any atom is 0.242 e. The van der Waals surface area contributed by atoms with Gasteiger partial charge in [-0.1, -0.05) is 29.8 Å². The Bertz CT molecular complexity index is 219. The molecule has 5 heteroatoms. The van der Waals surface area contributed by atoms with Crippen LogP contribution in [0.2, 0.25) is 0 Å². The fraction of sp³-hybridized carbons (Fsp3) is 0.778. The van der Waals surface area contributed by atoms with Crippen molar-refractivity contribution in [3.05, 3.63) is 0 Å². The minimum Gasteiger partial charge on any atom is -0.357 e. The molecule has 2 amide bonds. The van der Waals surface area contributed by atoms with Crippen LogP contribution in [-0.2, 0) is 9.59 Å². The maximum atomic E-state index is 11.5. The molecule has 0 heterocycles. The van der Waals surface area contributed by atoms with Gasteiger partial charge in [0, 0.05) is 7.05 Å². The molecule has 0 rings (SSSR count). The van der Waals surface area contributed by atoms with Crippen molar-refractivity contribution in [2.45, 2.75) is 31.6 Å². The van der Waals surface area contributed by atoms with Crippen LogP contribution in [-0.4, -0.2) is 29.7 Å². The predicted molar refractivity (Wildman–Crippen MR) is 59.2 cm³/mol. The lowest BCUT2D eigenvalue weighted by molar-refractivity contribution is -0.128. The monoisotopic (exact) mass is 264 g/mol. The summed E-state index contributed by atoms with van der Waals surface area (Å²) in [7, 11) is 1.54. The molecular formula is C9H17BrN2O2. The van der Waals surface area contributed by atoms with E-state index in [1.807, 2.05) is 13.8 Å². The molecule has 0 aromatic rings. The molecule has 2 atom stereocenters. The van der Waals surface area contributed by atoms with Crippen molar-refractivity contribution in [3.8, 4) is 0 Å². The molecule has 0 aromatic carbocycles. The largest absolute Gasteiger partial charge is 0.357 e. The summed E-state index contributed by atoms with van der Waals surface area (Å²) in [5, 5.41) is 5.08. The van der Waals surface area contributed by atoms with Crippen molar-refractivity contribution in [1.29, 1.82) is 0 Å². The minimum absolute atomic E-state index is 0.156. The summed E-state index contributed by atoms with van der Waals surface area (Å²) in [4.78, 5) is 22.3. The number of likely N-dealkylation sites (N-methyl/N-ethyl adjacent to an activating group) is 1. The van der Waals surface area contributed by atoms with E-state index >= 15 is 0 Å². The van der Waals surface area contributed by atoms with Crippen LogP contribution >= 0.6 is 15.9 Å². The molecule has 0 fully saturated rings. The van der Waals surface area contributed by atoms with Crippen LogP contribution in [0.5, 0.6) is 0 Å². The summed E-state index contributed by atoms with van der Waals surface area (Å²) in [6, 6.07) is -0.494. The number of rotatable bonds is 4. The Morgan fingerprint density at radius 3 is 2.00 bits per heavy atom. The smallest absolute Gasteiger partial charge is 0.242 e. The van der Waals surface area contributed by atoms with Gasteiger partial charge in [-0.3, -0.25) is 9.59 Å². The average Bonchev–Trinajstić information content (AvgIpc) is 2.14. The molecule has 0 radical (unpaired) electrons. The fourth-order valence-corrected chi connectivity index (χ4v) is 1.01. The predicted octanol–water partition coefficient (Wildman–Crippen LogP) is 0.657. The first-order valence-corrected chi connectivity index (χ1v) is 5.47. The molecule has 0 aliphatic heterocycles. The minimum atomic E-state index is -0.494. The van der Waals surface area contributed by atoms with Crippen LogP contribution in [0, 0.1) is 5.92 Å². The van der Waals surface area contributed by atoms with Gasteiger partial charge in [0.1, 0.15) is 6.04 Å². The van der Waals surface area contributed by atoms with Gasteiger partial charge in [0.2, 0.25) is 11.8 Å². The highest BCUT2D eigenvalue weighted by Crippen LogP contribution is 2.11. The van der Waals surface area contributed by atoms with Gasteiger partial charge < -0.3 is 10.6 Å². The summed E-state index contributed by atoms with van der Waals surface area (Å²) in [6.45, 7) is 5.52. The van der Waals surface area contributed by atoms with Gasteiger partial charge in [0.25, 0.3) is 0 Å². The fourth-order valence-electron chi connectivity index (χ4n) is 0.878. The number of hydrogen-bond acceptors (Lipinski definition) is 2. The molecule has 0 aliphatic carbocycles. The Balaban J connectivity index is 4.12. The van der Waals surface area contributed by atoms with Gasteiger partial charge in [0.05, 0.1) is 4.83 Å². The lowest BCUT2D eigenvalue weighted by Crippen LogP contribution is -2.46. The third-order valence-electron chi connectivity index (χ3n) is 1.83. The third-order valence-corrected chi connectivity index (χ3v) is 3.31. The zero-order valence-electron chi connectivity index (χ0n) is 8.93. The van der Waals surface area contributed by atoms with Crippen molar-refractivity contribution in [2.75, 3.05) is 7.05 Å². The van der Waals surface area contributed by atoms with E-state index in [1.165, 1.54) is 0 Å². The molecule has 0 aliphatic rings. The number of amides is 2. The average molecular weight is 265 g/mol. The first-order chi connectivity index (χ1) is 6.40. The second-order valence-corrected chi connectivity index (χ2v) is 4.48. The van der Waals surface area contributed by atoms with Gasteiger partial charge in [-0.05, 0) is 12.8 Å². The molecule has 0 spiro atoms. The quantitative estimate of drug-likeness (QED) is 0.733. The van der Waals surface area contributed by atoms with Crippen LogP contribution in [0.25, 0.3) is 0 Å². The number of halogens is 1. The number of nitrogens with one attached hydrogen (secondary N) is 2. The van der Waals surface area contributed by atoms with E-state index in [1.54, 1.807) is 14.0 Å². The van der Waals surface area contributed by atoms with Gasteiger partial charge in [-0.2, -0.15) is 0 Å².